The van der Waals surface area contributed by atoms with Crippen LogP contribution < -0.4 is 0 Å². The highest BCUT2D eigenvalue weighted by Crippen LogP contribution is 2.35. The monoisotopic (exact) mass is 240 g/mol. The Hall–Kier alpha value is -1.36. The lowest BCUT2D eigenvalue weighted by atomic mass is 10.0. The van der Waals surface area contributed by atoms with Gasteiger partial charge in [-0.1, -0.05) is 0 Å². The van der Waals surface area contributed by atoms with Crippen LogP contribution >= 0.6 is 0 Å². The van der Waals surface area contributed by atoms with E-state index in [1.54, 1.807) is 0 Å². The van der Waals surface area contributed by atoms with E-state index in [2.05, 4.69) is 0 Å². The normalized spacial score (nSPS) is 14.8. The van der Waals surface area contributed by atoms with Crippen LogP contribution in [0, 0.1) is 0 Å². The predicted octanol–water partition coefficient (Wildman–Crippen LogP) is 1.10. The number of carbonyl (C=O) groups is 1. The fourth-order valence-electron chi connectivity index (χ4n) is 2.15. The third kappa shape index (κ3) is 1.61. The van der Waals surface area contributed by atoms with Gasteiger partial charge >= 0.3 is 0 Å². The van der Waals surface area contributed by atoms with E-state index in [0.29, 0.717) is 6.29 Å². The summed E-state index contributed by atoms with van der Waals surface area (Å²) in [6.45, 7) is 0. The molecule has 86 valence electrons. The average molecular weight is 240 g/mol. The molecular weight excluding hydrogens is 228 g/mol. The van der Waals surface area contributed by atoms with E-state index in [1.807, 2.05) is 0 Å². The van der Waals surface area contributed by atoms with Crippen molar-refractivity contribution >= 4 is 16.1 Å². The number of aryl methyl sites for hydroxylation is 1. The van der Waals surface area contributed by atoms with Gasteiger partial charge in [0.25, 0.3) is 0 Å². The van der Waals surface area contributed by atoms with Crippen LogP contribution in [0.4, 0.5) is 0 Å². The standard InChI is InChI=1S/C11H12O4S/c1-16(14,15)10-5-7-3-2-4-8(7)9(6-12)11(10)13/h5-6,13H,2-4H2,1H3. The van der Waals surface area contributed by atoms with Crippen LogP contribution in [0.1, 0.15) is 27.9 Å². The fourth-order valence-corrected chi connectivity index (χ4v) is 2.96. The Morgan fingerprint density at radius 1 is 1.38 bits per heavy atom. The number of aldehydes is 1. The molecular formula is C11H12O4S. The van der Waals surface area contributed by atoms with Crippen molar-refractivity contribution in [3.8, 4) is 5.75 Å². The summed E-state index contributed by atoms with van der Waals surface area (Å²) < 4.78 is 22.9. The number of hydrogen-bond acceptors (Lipinski definition) is 4. The van der Waals surface area contributed by atoms with Crippen LogP contribution in [0.5, 0.6) is 5.75 Å². The molecule has 0 unspecified atom stereocenters. The van der Waals surface area contributed by atoms with E-state index in [1.165, 1.54) is 6.07 Å². The first-order chi connectivity index (χ1) is 7.45. The number of sulfone groups is 1. The smallest absolute Gasteiger partial charge is 0.179 e. The molecule has 1 aromatic carbocycles. The minimum Gasteiger partial charge on any atom is -0.506 e. The first-order valence-electron chi connectivity index (χ1n) is 4.98. The highest BCUT2D eigenvalue weighted by Gasteiger charge is 2.24. The maximum atomic E-state index is 11.4. The molecule has 1 N–H and O–H groups in total. The van der Waals surface area contributed by atoms with Crippen molar-refractivity contribution in [1.29, 1.82) is 0 Å². The summed E-state index contributed by atoms with van der Waals surface area (Å²) in [6.07, 6.45) is 3.94. The quantitative estimate of drug-likeness (QED) is 0.786. The van der Waals surface area contributed by atoms with Gasteiger partial charge in [-0.25, -0.2) is 8.42 Å². The molecule has 5 heteroatoms. The number of phenolic OH excluding ortho intramolecular Hbond substituents is 1. The molecule has 1 aromatic rings. The fraction of sp³-hybridized carbons (Fsp3) is 0.364. The number of fused-ring (bicyclic) bond motifs is 1. The van der Waals surface area contributed by atoms with Crippen LogP contribution in [-0.4, -0.2) is 26.1 Å². The van der Waals surface area contributed by atoms with E-state index in [-0.39, 0.29) is 10.5 Å². The molecule has 0 aromatic heterocycles. The van der Waals surface area contributed by atoms with Gasteiger partial charge in [-0.15, -0.1) is 0 Å². The van der Waals surface area contributed by atoms with Crippen LogP contribution in [0.3, 0.4) is 0 Å². The number of rotatable bonds is 2. The van der Waals surface area contributed by atoms with E-state index in [0.717, 1.165) is 36.6 Å². The van der Waals surface area contributed by atoms with Gasteiger partial charge in [-0.3, -0.25) is 4.79 Å². The van der Waals surface area contributed by atoms with Gasteiger partial charge in [0.15, 0.2) is 16.1 Å². The average Bonchev–Trinajstić information content (AvgIpc) is 2.62. The van der Waals surface area contributed by atoms with E-state index in [9.17, 15) is 18.3 Å². The highest BCUT2D eigenvalue weighted by atomic mass is 32.2. The Morgan fingerprint density at radius 2 is 2.06 bits per heavy atom. The number of phenols is 1. The Balaban J connectivity index is 2.81. The molecule has 16 heavy (non-hydrogen) atoms. The second kappa shape index (κ2) is 3.59. The lowest BCUT2D eigenvalue weighted by Crippen LogP contribution is -2.03. The SMILES string of the molecule is CS(=O)(=O)c1cc2c(c(C=O)c1O)CCC2. The molecule has 0 saturated carbocycles. The lowest BCUT2D eigenvalue weighted by Gasteiger charge is -2.10. The van der Waals surface area contributed by atoms with Crippen molar-refractivity contribution in [1.82, 2.24) is 0 Å². The third-order valence-electron chi connectivity index (χ3n) is 2.90. The maximum absolute atomic E-state index is 11.4. The first kappa shape index (κ1) is 11.1. The summed E-state index contributed by atoms with van der Waals surface area (Å²) in [4.78, 5) is 10.8. The summed E-state index contributed by atoms with van der Waals surface area (Å²) in [5, 5.41) is 9.78. The summed E-state index contributed by atoms with van der Waals surface area (Å²) in [5.74, 6) is -0.404. The van der Waals surface area contributed by atoms with Crippen LogP contribution in [0.15, 0.2) is 11.0 Å². The Kier molecular flexibility index (Phi) is 2.50. The Bertz CT molecular complexity index is 558. The van der Waals surface area contributed by atoms with E-state index in [4.69, 9.17) is 0 Å². The van der Waals surface area contributed by atoms with Gasteiger partial charge < -0.3 is 5.11 Å². The molecule has 0 heterocycles. The van der Waals surface area contributed by atoms with Gasteiger partial charge in [0.1, 0.15) is 10.6 Å². The molecule has 1 aliphatic rings. The van der Waals surface area contributed by atoms with Crippen LogP contribution in [-0.2, 0) is 22.7 Å². The Labute approximate surface area is 93.8 Å². The highest BCUT2D eigenvalue weighted by molar-refractivity contribution is 7.90. The minimum atomic E-state index is -3.50. The molecule has 0 bridgehead atoms. The molecule has 0 spiro atoms. The first-order valence-corrected chi connectivity index (χ1v) is 6.87. The molecule has 0 atom stereocenters. The molecule has 0 aliphatic heterocycles. The van der Waals surface area contributed by atoms with Gasteiger partial charge in [0.2, 0.25) is 0 Å². The number of benzene rings is 1. The largest absolute Gasteiger partial charge is 0.506 e. The summed E-state index contributed by atoms with van der Waals surface area (Å²) in [5.41, 5.74) is 1.79. The zero-order valence-electron chi connectivity index (χ0n) is 8.86. The number of hydrogen-bond donors (Lipinski definition) is 1. The molecule has 0 radical (unpaired) electrons. The lowest BCUT2D eigenvalue weighted by molar-refractivity contribution is 0.111. The van der Waals surface area contributed by atoms with Crippen LogP contribution in [0.25, 0.3) is 0 Å². The van der Waals surface area contributed by atoms with Gasteiger partial charge in [0, 0.05) is 6.26 Å². The number of aromatic hydroxyl groups is 1. The maximum Gasteiger partial charge on any atom is 0.179 e. The third-order valence-corrected chi connectivity index (χ3v) is 4.01. The van der Waals surface area contributed by atoms with Crippen molar-refractivity contribution in [2.45, 2.75) is 24.2 Å². The minimum absolute atomic E-state index is 0.135. The van der Waals surface area contributed by atoms with Crippen molar-refractivity contribution in [3.63, 3.8) is 0 Å². The topological polar surface area (TPSA) is 71.4 Å². The second-order valence-corrected chi connectivity index (χ2v) is 6.00. The zero-order valence-corrected chi connectivity index (χ0v) is 9.67. The Morgan fingerprint density at radius 3 is 2.62 bits per heavy atom. The summed E-state index contributed by atoms with van der Waals surface area (Å²) >= 11 is 0. The second-order valence-electron chi connectivity index (χ2n) is 4.02. The molecule has 2 rings (SSSR count). The molecule has 0 saturated heterocycles. The van der Waals surface area contributed by atoms with Crippen molar-refractivity contribution in [2.75, 3.05) is 6.26 Å². The molecule has 4 nitrogen and oxygen atoms in total. The number of carbonyl (C=O) groups excluding carboxylic acids is 1. The van der Waals surface area contributed by atoms with Crippen molar-refractivity contribution in [2.24, 2.45) is 0 Å². The summed E-state index contributed by atoms with van der Waals surface area (Å²) in [7, 11) is -3.50. The van der Waals surface area contributed by atoms with Gasteiger partial charge in [-0.05, 0) is 36.5 Å². The molecule has 0 fully saturated rings. The zero-order chi connectivity index (χ0) is 11.9. The van der Waals surface area contributed by atoms with Gasteiger partial charge in [0.05, 0.1) is 5.56 Å². The molecule has 1 aliphatic carbocycles. The summed E-state index contributed by atoms with van der Waals surface area (Å²) in [6, 6.07) is 1.49. The van der Waals surface area contributed by atoms with E-state index >= 15 is 0 Å². The van der Waals surface area contributed by atoms with Gasteiger partial charge in [-0.2, -0.15) is 0 Å². The molecule has 0 amide bonds. The van der Waals surface area contributed by atoms with E-state index < -0.39 is 15.6 Å². The van der Waals surface area contributed by atoms with Crippen molar-refractivity contribution < 1.29 is 18.3 Å². The van der Waals surface area contributed by atoms with Crippen LogP contribution in [0.2, 0.25) is 0 Å². The van der Waals surface area contributed by atoms with Crippen molar-refractivity contribution in [3.05, 3.63) is 22.8 Å². The predicted molar refractivity (Wildman–Crippen MR) is 58.6 cm³/mol.